The molecule has 2 rings (SSSR count). The minimum absolute atomic E-state index is 0.0845. The highest BCUT2D eigenvalue weighted by atomic mass is 35.5. The monoisotopic (exact) mass is 288 g/mol. The number of sulfone groups is 1. The molecule has 0 bridgehead atoms. The molecule has 0 saturated carbocycles. The Balaban J connectivity index is 2.36. The molecule has 0 radical (unpaired) electrons. The number of nitrogens with zero attached hydrogens (tertiary/aromatic N) is 2. The number of ether oxygens (including phenoxy) is 1. The zero-order valence-electron chi connectivity index (χ0n) is 10.1. The van der Waals surface area contributed by atoms with E-state index in [1.807, 2.05) is 6.92 Å². The second-order valence-corrected chi connectivity index (χ2v) is 6.43. The molecule has 0 aromatic carbocycles. The largest absolute Gasteiger partial charge is 0.475 e. The van der Waals surface area contributed by atoms with Gasteiger partial charge in [-0.25, -0.2) is 18.4 Å². The second kappa shape index (κ2) is 4.85. The third-order valence-corrected chi connectivity index (χ3v) is 4.02. The van der Waals surface area contributed by atoms with Crippen LogP contribution in [0.15, 0.2) is 22.3 Å². The van der Waals surface area contributed by atoms with Gasteiger partial charge in [-0.15, -0.1) is 0 Å². The Labute approximate surface area is 111 Å². The molecule has 0 saturated heterocycles. The van der Waals surface area contributed by atoms with Crippen molar-refractivity contribution < 1.29 is 13.2 Å². The van der Waals surface area contributed by atoms with Gasteiger partial charge in [0.1, 0.15) is 6.61 Å². The van der Waals surface area contributed by atoms with Crippen molar-refractivity contribution in [2.75, 3.05) is 12.9 Å². The van der Waals surface area contributed by atoms with E-state index in [0.29, 0.717) is 18.1 Å². The molecule has 1 aliphatic heterocycles. The van der Waals surface area contributed by atoms with Gasteiger partial charge in [-0.05, 0) is 12.5 Å². The van der Waals surface area contributed by atoms with Gasteiger partial charge in [-0.2, -0.15) is 0 Å². The summed E-state index contributed by atoms with van der Waals surface area (Å²) in [6.45, 7) is 2.57. The Morgan fingerprint density at radius 1 is 1.56 bits per heavy atom. The molecule has 0 N–H and O–H groups in total. The van der Waals surface area contributed by atoms with Crippen molar-refractivity contribution in [3.63, 3.8) is 0 Å². The molecule has 0 fully saturated rings. The third kappa shape index (κ3) is 2.64. The lowest BCUT2D eigenvalue weighted by Gasteiger charge is -2.04. The third-order valence-electron chi connectivity index (χ3n) is 2.59. The zero-order chi connectivity index (χ0) is 13.3. The van der Waals surface area contributed by atoms with E-state index in [0.717, 1.165) is 12.7 Å². The molecule has 1 unspecified atom stereocenters. The van der Waals surface area contributed by atoms with Crippen LogP contribution >= 0.6 is 11.6 Å². The average molecular weight is 289 g/mol. The first kappa shape index (κ1) is 13.3. The minimum Gasteiger partial charge on any atom is -0.475 e. The van der Waals surface area contributed by atoms with Gasteiger partial charge < -0.3 is 4.74 Å². The van der Waals surface area contributed by atoms with Crippen LogP contribution in [0.1, 0.15) is 18.9 Å². The summed E-state index contributed by atoms with van der Waals surface area (Å²) in [6.07, 6.45) is 3.38. The molecular weight excluding hydrogens is 276 g/mol. The lowest BCUT2D eigenvalue weighted by Crippen LogP contribution is -2.06. The maximum atomic E-state index is 11.4. The van der Waals surface area contributed by atoms with E-state index < -0.39 is 9.84 Å². The topological polar surface area (TPSA) is 68.6 Å². The van der Waals surface area contributed by atoms with Gasteiger partial charge in [0.15, 0.2) is 14.9 Å². The molecule has 1 aromatic rings. The van der Waals surface area contributed by atoms with Gasteiger partial charge in [-0.1, -0.05) is 18.5 Å². The lowest BCUT2D eigenvalue weighted by molar-refractivity contribution is 0.315. The van der Waals surface area contributed by atoms with Crippen molar-refractivity contribution in [2.45, 2.75) is 24.4 Å². The number of halogens is 1. The Morgan fingerprint density at radius 2 is 2.28 bits per heavy atom. The molecule has 2 heterocycles. The SMILES string of the molecule is CCC1COC(c2cnc(S(C)(=O)=O)c(Cl)c2)=N1. The van der Waals surface area contributed by atoms with E-state index in [1.165, 1.54) is 12.3 Å². The number of aromatic nitrogens is 1. The summed E-state index contributed by atoms with van der Waals surface area (Å²) in [5, 5.41) is -0.0418. The number of pyridine rings is 1. The molecule has 1 aromatic heterocycles. The summed E-state index contributed by atoms with van der Waals surface area (Å²) in [4.78, 5) is 8.22. The summed E-state index contributed by atoms with van der Waals surface area (Å²) in [5.41, 5.74) is 0.600. The predicted octanol–water partition coefficient (Wildman–Crippen LogP) is 1.69. The van der Waals surface area contributed by atoms with Crippen LogP contribution in [0.3, 0.4) is 0 Å². The van der Waals surface area contributed by atoms with Crippen LogP contribution < -0.4 is 0 Å². The van der Waals surface area contributed by atoms with E-state index in [-0.39, 0.29) is 16.1 Å². The Bertz CT molecular complexity index is 598. The van der Waals surface area contributed by atoms with Gasteiger partial charge in [-0.3, -0.25) is 0 Å². The maximum Gasteiger partial charge on any atom is 0.218 e. The van der Waals surface area contributed by atoms with Crippen LogP contribution in [0.5, 0.6) is 0 Å². The Kier molecular flexibility index (Phi) is 3.59. The van der Waals surface area contributed by atoms with Crippen molar-refractivity contribution >= 4 is 27.3 Å². The van der Waals surface area contributed by atoms with Gasteiger partial charge in [0.05, 0.1) is 16.6 Å². The molecule has 1 atom stereocenters. The van der Waals surface area contributed by atoms with Crippen LogP contribution in [0.2, 0.25) is 5.02 Å². The highest BCUT2D eigenvalue weighted by Crippen LogP contribution is 2.22. The molecule has 7 heteroatoms. The van der Waals surface area contributed by atoms with E-state index in [4.69, 9.17) is 16.3 Å². The molecule has 0 amide bonds. The van der Waals surface area contributed by atoms with Crippen LogP contribution in [-0.2, 0) is 14.6 Å². The Morgan fingerprint density at radius 3 is 2.78 bits per heavy atom. The molecule has 0 aliphatic carbocycles. The van der Waals surface area contributed by atoms with Crippen LogP contribution in [0.25, 0.3) is 0 Å². The Hall–Kier alpha value is -1.14. The van der Waals surface area contributed by atoms with E-state index in [9.17, 15) is 8.42 Å². The summed E-state index contributed by atoms with van der Waals surface area (Å²) in [5.74, 6) is 0.469. The first-order valence-electron chi connectivity index (χ1n) is 5.48. The lowest BCUT2D eigenvalue weighted by atomic mass is 10.2. The van der Waals surface area contributed by atoms with Gasteiger partial charge in [0.2, 0.25) is 5.90 Å². The standard InChI is InChI=1S/C11H13ClN2O3S/c1-3-8-6-17-10(14-8)7-4-9(12)11(13-5-7)18(2,15)16/h4-5,8H,3,6H2,1-2H3. The minimum atomic E-state index is -3.41. The van der Waals surface area contributed by atoms with Crippen molar-refractivity contribution in [1.29, 1.82) is 0 Å². The fourth-order valence-electron chi connectivity index (χ4n) is 1.60. The maximum absolute atomic E-state index is 11.4. The number of hydrogen-bond donors (Lipinski definition) is 0. The highest BCUT2D eigenvalue weighted by molar-refractivity contribution is 7.90. The summed E-state index contributed by atoms with van der Waals surface area (Å²) < 4.78 is 28.2. The van der Waals surface area contributed by atoms with Crippen molar-refractivity contribution in [3.8, 4) is 0 Å². The summed E-state index contributed by atoms with van der Waals surface area (Å²) in [6, 6.07) is 1.66. The molecule has 98 valence electrons. The summed E-state index contributed by atoms with van der Waals surface area (Å²) in [7, 11) is -3.41. The smallest absolute Gasteiger partial charge is 0.218 e. The first-order chi connectivity index (χ1) is 8.41. The second-order valence-electron chi connectivity index (χ2n) is 4.09. The van der Waals surface area contributed by atoms with Crippen molar-refractivity contribution in [3.05, 3.63) is 22.8 Å². The van der Waals surface area contributed by atoms with E-state index >= 15 is 0 Å². The normalized spacial score (nSPS) is 19.5. The van der Waals surface area contributed by atoms with Gasteiger partial charge >= 0.3 is 0 Å². The van der Waals surface area contributed by atoms with Gasteiger partial charge in [0, 0.05) is 12.5 Å². The highest BCUT2D eigenvalue weighted by Gasteiger charge is 2.21. The van der Waals surface area contributed by atoms with Gasteiger partial charge in [0.25, 0.3) is 0 Å². The van der Waals surface area contributed by atoms with E-state index in [2.05, 4.69) is 9.98 Å². The molecular formula is C11H13ClN2O3S. The molecule has 18 heavy (non-hydrogen) atoms. The number of rotatable bonds is 3. The van der Waals surface area contributed by atoms with E-state index in [1.54, 1.807) is 0 Å². The number of aliphatic imine (C=N–C) groups is 1. The quantitative estimate of drug-likeness (QED) is 0.849. The summed E-state index contributed by atoms with van der Waals surface area (Å²) >= 11 is 5.91. The van der Waals surface area contributed by atoms with Crippen molar-refractivity contribution in [1.82, 2.24) is 4.98 Å². The van der Waals surface area contributed by atoms with Crippen LogP contribution in [0.4, 0.5) is 0 Å². The molecule has 1 aliphatic rings. The molecule has 0 spiro atoms. The van der Waals surface area contributed by atoms with Crippen LogP contribution in [-0.4, -0.2) is 38.2 Å². The molecule has 5 nitrogen and oxygen atoms in total. The first-order valence-corrected chi connectivity index (χ1v) is 7.75. The van der Waals surface area contributed by atoms with Crippen LogP contribution in [0, 0.1) is 0 Å². The fourth-order valence-corrected chi connectivity index (χ4v) is 2.84. The number of hydrogen-bond acceptors (Lipinski definition) is 5. The predicted molar refractivity (Wildman–Crippen MR) is 68.9 cm³/mol. The zero-order valence-corrected chi connectivity index (χ0v) is 11.6. The van der Waals surface area contributed by atoms with Crippen molar-refractivity contribution in [2.24, 2.45) is 4.99 Å². The fraction of sp³-hybridized carbons (Fsp3) is 0.455. The average Bonchev–Trinajstić information content (AvgIpc) is 2.75.